The molecule has 2 aliphatic rings. The van der Waals surface area contributed by atoms with Crippen LogP contribution in [0, 0.1) is 0 Å². The van der Waals surface area contributed by atoms with Gasteiger partial charge < -0.3 is 10.1 Å². The van der Waals surface area contributed by atoms with Gasteiger partial charge in [0.05, 0.1) is 0 Å². The van der Waals surface area contributed by atoms with Crippen LogP contribution in [-0.2, 0) is 14.3 Å². The van der Waals surface area contributed by atoms with Crippen LogP contribution < -0.4 is 16.0 Å². The Balaban J connectivity index is 2.13. The van der Waals surface area contributed by atoms with E-state index >= 15 is 0 Å². The Morgan fingerprint density at radius 1 is 1.57 bits per heavy atom. The van der Waals surface area contributed by atoms with Crippen molar-refractivity contribution in [1.29, 1.82) is 0 Å². The summed E-state index contributed by atoms with van der Waals surface area (Å²) in [6.07, 6.45) is -0.772. The van der Waals surface area contributed by atoms with Gasteiger partial charge in [0.15, 0.2) is 11.8 Å². The number of ether oxygens (including phenoxy) is 1. The van der Waals surface area contributed by atoms with Crippen molar-refractivity contribution < 1.29 is 19.1 Å². The zero-order valence-electron chi connectivity index (χ0n) is 7.42. The van der Waals surface area contributed by atoms with Crippen LogP contribution in [0.4, 0.5) is 4.79 Å². The van der Waals surface area contributed by atoms with E-state index in [4.69, 9.17) is 4.74 Å². The van der Waals surface area contributed by atoms with E-state index in [0.717, 1.165) is 0 Å². The fourth-order valence-electron chi connectivity index (χ4n) is 1.51. The maximum Gasteiger partial charge on any atom is 0.322 e. The highest BCUT2D eigenvalue weighted by atomic mass is 16.6. The highest BCUT2D eigenvalue weighted by Crippen LogP contribution is 2.23. The molecule has 2 aliphatic heterocycles. The van der Waals surface area contributed by atoms with Crippen molar-refractivity contribution in [1.82, 2.24) is 16.0 Å². The zero-order valence-corrected chi connectivity index (χ0v) is 7.42. The molecule has 2 fully saturated rings. The van der Waals surface area contributed by atoms with Crippen molar-refractivity contribution in [2.45, 2.75) is 18.7 Å². The molecule has 0 radical (unpaired) electrons. The average molecular weight is 199 g/mol. The number of carbonyl (C=O) groups is 3. The maximum absolute atomic E-state index is 11.4. The zero-order chi connectivity index (χ0) is 10.3. The summed E-state index contributed by atoms with van der Waals surface area (Å²) in [5.74, 6) is -0.969. The first-order valence-corrected chi connectivity index (χ1v) is 4.09. The Kier molecular flexibility index (Phi) is 1.71. The standard InChI is InChI=1S/C7H9N3O4/c1-3(11)14-5-7(2-8-5)4(12)9-6(13)10-7/h5,8H,2H2,1H3,(H2,9,10,12,13). The fraction of sp³-hybridized carbons (Fsp3) is 0.571. The van der Waals surface area contributed by atoms with E-state index in [1.54, 1.807) is 0 Å². The lowest BCUT2D eigenvalue weighted by Gasteiger charge is -2.43. The molecule has 7 nitrogen and oxygen atoms in total. The molecule has 0 aliphatic carbocycles. The van der Waals surface area contributed by atoms with E-state index in [9.17, 15) is 14.4 Å². The van der Waals surface area contributed by atoms with Crippen LogP contribution >= 0.6 is 0 Å². The van der Waals surface area contributed by atoms with Gasteiger partial charge in [-0.15, -0.1) is 0 Å². The Bertz CT molecular complexity index is 329. The first-order chi connectivity index (χ1) is 6.54. The summed E-state index contributed by atoms with van der Waals surface area (Å²) >= 11 is 0. The topological polar surface area (TPSA) is 96.5 Å². The van der Waals surface area contributed by atoms with Gasteiger partial charge in [0, 0.05) is 13.5 Å². The summed E-state index contributed by atoms with van der Waals surface area (Å²) in [5, 5.41) is 7.27. The fourth-order valence-corrected chi connectivity index (χ4v) is 1.51. The predicted octanol–water partition coefficient (Wildman–Crippen LogP) is -1.94. The number of hydrogen-bond donors (Lipinski definition) is 3. The first kappa shape index (κ1) is 8.95. The van der Waals surface area contributed by atoms with Crippen LogP contribution in [0.2, 0.25) is 0 Å². The number of esters is 1. The Morgan fingerprint density at radius 3 is 2.64 bits per heavy atom. The third-order valence-electron chi connectivity index (χ3n) is 2.27. The minimum atomic E-state index is -1.11. The van der Waals surface area contributed by atoms with E-state index in [1.807, 2.05) is 0 Å². The second kappa shape index (κ2) is 2.68. The van der Waals surface area contributed by atoms with Crippen molar-refractivity contribution >= 4 is 17.9 Å². The quantitative estimate of drug-likeness (QED) is 0.337. The molecule has 0 bridgehead atoms. The Morgan fingerprint density at radius 2 is 2.29 bits per heavy atom. The molecular weight excluding hydrogens is 190 g/mol. The summed E-state index contributed by atoms with van der Waals surface area (Å²) in [6.45, 7) is 1.50. The van der Waals surface area contributed by atoms with Crippen LogP contribution in [-0.4, -0.2) is 36.2 Å². The number of carbonyl (C=O) groups excluding carboxylic acids is 3. The van der Waals surface area contributed by atoms with Gasteiger partial charge in [0.2, 0.25) is 0 Å². The third-order valence-corrected chi connectivity index (χ3v) is 2.27. The summed E-state index contributed by atoms with van der Waals surface area (Å²) in [7, 11) is 0. The van der Waals surface area contributed by atoms with Crippen molar-refractivity contribution in [3.05, 3.63) is 0 Å². The van der Waals surface area contributed by atoms with Gasteiger partial charge in [0.25, 0.3) is 5.91 Å². The molecule has 0 aromatic heterocycles. The smallest absolute Gasteiger partial charge is 0.322 e. The second-order valence-corrected chi connectivity index (χ2v) is 3.25. The molecule has 2 saturated heterocycles. The number of imide groups is 1. The normalized spacial score (nSPS) is 34.8. The molecule has 76 valence electrons. The number of rotatable bonds is 1. The van der Waals surface area contributed by atoms with Crippen LogP contribution in [0.5, 0.6) is 0 Å². The first-order valence-electron chi connectivity index (χ1n) is 4.09. The lowest BCUT2D eigenvalue weighted by molar-refractivity contribution is -0.164. The third kappa shape index (κ3) is 1.06. The monoisotopic (exact) mass is 199 g/mol. The van der Waals surface area contributed by atoms with Crippen molar-refractivity contribution in [2.75, 3.05) is 6.54 Å². The van der Waals surface area contributed by atoms with Crippen LogP contribution in [0.1, 0.15) is 6.92 Å². The largest absolute Gasteiger partial charge is 0.444 e. The lowest BCUT2D eigenvalue weighted by Crippen LogP contribution is -2.77. The van der Waals surface area contributed by atoms with Crippen molar-refractivity contribution in [2.24, 2.45) is 0 Å². The van der Waals surface area contributed by atoms with Gasteiger partial charge in [0.1, 0.15) is 0 Å². The van der Waals surface area contributed by atoms with Crippen LogP contribution in [0.25, 0.3) is 0 Å². The molecule has 3 N–H and O–H groups in total. The van der Waals surface area contributed by atoms with E-state index in [0.29, 0.717) is 0 Å². The SMILES string of the molecule is CC(=O)OC1NCC12NC(=O)NC2=O. The van der Waals surface area contributed by atoms with Gasteiger partial charge in [-0.2, -0.15) is 0 Å². The van der Waals surface area contributed by atoms with E-state index in [-0.39, 0.29) is 6.54 Å². The van der Waals surface area contributed by atoms with Gasteiger partial charge in [-0.3, -0.25) is 20.2 Å². The molecule has 3 amide bonds. The summed E-state index contributed by atoms with van der Waals surface area (Å²) < 4.78 is 4.82. The molecule has 2 unspecified atom stereocenters. The molecule has 0 aromatic carbocycles. The number of urea groups is 1. The summed E-state index contributed by atoms with van der Waals surface area (Å²) in [4.78, 5) is 32.9. The number of nitrogens with one attached hydrogen (secondary N) is 3. The molecule has 2 atom stereocenters. The minimum absolute atomic E-state index is 0.266. The van der Waals surface area contributed by atoms with Crippen LogP contribution in [0.15, 0.2) is 0 Å². The summed E-state index contributed by atoms with van der Waals surface area (Å²) in [5.41, 5.74) is -1.11. The highest BCUT2D eigenvalue weighted by Gasteiger charge is 2.60. The van der Waals surface area contributed by atoms with Crippen molar-refractivity contribution in [3.8, 4) is 0 Å². The Hall–Kier alpha value is -1.63. The molecular formula is C7H9N3O4. The van der Waals surface area contributed by atoms with Gasteiger partial charge in [-0.1, -0.05) is 0 Å². The average Bonchev–Trinajstić information content (AvgIpc) is 2.37. The number of hydrogen-bond acceptors (Lipinski definition) is 5. The minimum Gasteiger partial charge on any atom is -0.444 e. The Labute approximate surface area is 79.2 Å². The maximum atomic E-state index is 11.4. The molecule has 2 heterocycles. The van der Waals surface area contributed by atoms with Gasteiger partial charge >= 0.3 is 12.0 Å². The van der Waals surface area contributed by atoms with E-state index < -0.39 is 29.7 Å². The summed E-state index contributed by atoms with van der Waals surface area (Å²) in [6, 6.07) is -0.561. The van der Waals surface area contributed by atoms with Gasteiger partial charge in [-0.25, -0.2) is 4.79 Å². The predicted molar refractivity (Wildman–Crippen MR) is 43.0 cm³/mol. The molecule has 7 heteroatoms. The van der Waals surface area contributed by atoms with E-state index in [2.05, 4.69) is 16.0 Å². The second-order valence-electron chi connectivity index (χ2n) is 3.25. The van der Waals surface area contributed by atoms with Crippen LogP contribution in [0.3, 0.4) is 0 Å². The highest BCUT2D eigenvalue weighted by molar-refractivity contribution is 6.08. The molecule has 1 spiro atoms. The molecule has 0 saturated carbocycles. The number of amides is 3. The van der Waals surface area contributed by atoms with Crippen molar-refractivity contribution in [3.63, 3.8) is 0 Å². The molecule has 2 rings (SSSR count). The van der Waals surface area contributed by atoms with Gasteiger partial charge in [-0.05, 0) is 0 Å². The molecule has 14 heavy (non-hydrogen) atoms. The molecule has 0 aromatic rings. The van der Waals surface area contributed by atoms with E-state index in [1.165, 1.54) is 6.92 Å². The lowest BCUT2D eigenvalue weighted by atomic mass is 9.90.